The molecule has 2 aromatic rings. The summed E-state index contributed by atoms with van der Waals surface area (Å²) < 4.78 is 6.65. The monoisotopic (exact) mass is 520 g/mol. The van der Waals surface area contributed by atoms with Crippen molar-refractivity contribution in [2.75, 3.05) is 49.8 Å². The van der Waals surface area contributed by atoms with Crippen LogP contribution in [0, 0.1) is 0 Å². The first-order chi connectivity index (χ1) is 17.0. The lowest BCUT2D eigenvalue weighted by Crippen LogP contribution is -2.50. The predicted molar refractivity (Wildman–Crippen MR) is 143 cm³/mol. The van der Waals surface area contributed by atoms with Crippen molar-refractivity contribution < 1.29 is 29.1 Å². The number of hydrogen-bond donors (Lipinski definition) is 3. The lowest BCUT2D eigenvalue weighted by molar-refractivity contribution is -0.686. The van der Waals surface area contributed by atoms with Crippen LogP contribution in [-0.2, 0) is 20.9 Å². The maximum Gasteiger partial charge on any atom is 0.329 e. The van der Waals surface area contributed by atoms with Crippen LogP contribution in [0.1, 0.15) is 18.2 Å². The van der Waals surface area contributed by atoms with Crippen molar-refractivity contribution >= 4 is 51.3 Å². The van der Waals surface area contributed by atoms with Gasteiger partial charge in [-0.25, -0.2) is 4.79 Å². The van der Waals surface area contributed by atoms with Gasteiger partial charge in [0.2, 0.25) is 12.2 Å². The molecule has 10 heteroatoms. The highest BCUT2D eigenvalue weighted by Gasteiger charge is 2.24. The molecule has 0 bridgehead atoms. The predicted octanol–water partition coefficient (Wildman–Crippen LogP) is 1.99. The molecule has 0 radical (unpaired) electrons. The van der Waals surface area contributed by atoms with Crippen LogP contribution in [0.3, 0.4) is 0 Å². The van der Waals surface area contributed by atoms with Gasteiger partial charge < -0.3 is 25.2 Å². The van der Waals surface area contributed by atoms with Gasteiger partial charge in [0.15, 0.2) is 6.20 Å². The largest absolute Gasteiger partial charge is 0.467 e. The van der Waals surface area contributed by atoms with Gasteiger partial charge in [-0.3, -0.25) is 4.79 Å². The molecule has 0 spiro atoms. The van der Waals surface area contributed by atoms with Crippen LogP contribution < -0.4 is 14.8 Å². The van der Waals surface area contributed by atoms with Crippen molar-refractivity contribution in [2.24, 2.45) is 0 Å². The minimum Gasteiger partial charge on any atom is -0.467 e. The third kappa shape index (κ3) is 9.93. The van der Waals surface area contributed by atoms with E-state index in [1.54, 1.807) is 10.8 Å². The Morgan fingerprint density at radius 3 is 2.43 bits per heavy atom. The number of aliphatic hydroxyl groups excluding tert-OH is 2. The van der Waals surface area contributed by atoms with E-state index in [2.05, 4.69) is 5.32 Å². The third-order valence-corrected chi connectivity index (χ3v) is 7.48. The number of anilines is 1. The molecule has 8 nitrogen and oxygen atoms in total. The molecular weight excluding hydrogens is 486 g/mol. The molecule has 1 heterocycles. The topological polar surface area (TPSA) is 103 Å². The number of benzene rings is 1. The van der Waals surface area contributed by atoms with Gasteiger partial charge in [-0.1, -0.05) is 40.6 Å². The molecule has 0 saturated carbocycles. The smallest absolute Gasteiger partial charge is 0.329 e. The van der Waals surface area contributed by atoms with Crippen LogP contribution >= 0.6 is 21.6 Å². The van der Waals surface area contributed by atoms with Crippen LogP contribution in [0.25, 0.3) is 12.2 Å². The van der Waals surface area contributed by atoms with Gasteiger partial charge >= 0.3 is 5.97 Å². The zero-order valence-electron chi connectivity index (χ0n) is 20.1. The number of aliphatic hydroxyl groups is 2. The van der Waals surface area contributed by atoms with E-state index in [0.29, 0.717) is 18.8 Å². The molecule has 35 heavy (non-hydrogen) atoms. The molecule has 1 aromatic heterocycles. The van der Waals surface area contributed by atoms with Crippen molar-refractivity contribution in [3.05, 3.63) is 59.9 Å². The zero-order chi connectivity index (χ0) is 25.5. The number of methoxy groups -OCH3 is 1. The Hall–Kier alpha value is -2.53. The summed E-state index contributed by atoms with van der Waals surface area (Å²) in [7, 11) is 4.47. The second-order valence-electron chi connectivity index (χ2n) is 7.45. The fourth-order valence-corrected chi connectivity index (χ4v) is 5.09. The summed E-state index contributed by atoms with van der Waals surface area (Å²) in [6, 6.07) is 12.8. The van der Waals surface area contributed by atoms with E-state index in [-0.39, 0.29) is 25.7 Å². The number of esters is 1. The molecule has 1 aromatic carbocycles. The van der Waals surface area contributed by atoms with Crippen molar-refractivity contribution in [1.29, 1.82) is 0 Å². The molecule has 1 amide bonds. The van der Waals surface area contributed by atoms with Crippen LogP contribution in [0.5, 0.6) is 0 Å². The van der Waals surface area contributed by atoms with Crippen molar-refractivity contribution in [1.82, 2.24) is 5.32 Å². The molecule has 0 aliphatic heterocycles. The Morgan fingerprint density at radius 1 is 1.09 bits per heavy atom. The first-order valence-electron chi connectivity index (χ1n) is 11.4. The minimum absolute atomic E-state index is 0.0140. The van der Waals surface area contributed by atoms with E-state index >= 15 is 0 Å². The molecule has 2 rings (SSSR count). The van der Waals surface area contributed by atoms with Crippen molar-refractivity contribution in [3.63, 3.8) is 0 Å². The minimum atomic E-state index is -0.699. The van der Waals surface area contributed by atoms with Crippen molar-refractivity contribution in [2.45, 2.75) is 19.5 Å². The number of carbonyl (C=O) groups excluding carboxylic acids is 2. The number of nitrogens with zero attached hydrogens (tertiary/aromatic N) is 2. The van der Waals surface area contributed by atoms with Gasteiger partial charge in [-0.05, 0) is 29.8 Å². The Kier molecular flexibility index (Phi) is 13.3. The molecule has 0 saturated heterocycles. The summed E-state index contributed by atoms with van der Waals surface area (Å²) in [6.45, 7) is 3.03. The number of hydrogen-bond acceptors (Lipinski definition) is 8. The highest BCUT2D eigenvalue weighted by molar-refractivity contribution is 8.76. The summed E-state index contributed by atoms with van der Waals surface area (Å²) in [5.41, 5.74) is 2.73. The lowest BCUT2D eigenvalue weighted by atomic mass is 10.1. The third-order valence-electron chi connectivity index (χ3n) is 4.99. The number of aromatic nitrogens is 1. The quantitative estimate of drug-likeness (QED) is 0.142. The van der Waals surface area contributed by atoms with Gasteiger partial charge in [0, 0.05) is 48.5 Å². The summed E-state index contributed by atoms with van der Waals surface area (Å²) >= 11 is 0. The average Bonchev–Trinajstić information content (AvgIpc) is 2.87. The summed E-state index contributed by atoms with van der Waals surface area (Å²) in [4.78, 5) is 26.7. The number of rotatable bonds is 15. The summed E-state index contributed by atoms with van der Waals surface area (Å²) in [6.07, 6.45) is 5.69. The van der Waals surface area contributed by atoms with E-state index < -0.39 is 12.0 Å². The Balaban J connectivity index is 2.07. The highest BCUT2D eigenvalue weighted by Crippen LogP contribution is 2.21. The van der Waals surface area contributed by atoms with Gasteiger partial charge in [0.25, 0.3) is 5.91 Å². The lowest BCUT2D eigenvalue weighted by Gasteiger charge is -2.22. The van der Waals surface area contributed by atoms with Crippen molar-refractivity contribution in [3.8, 4) is 0 Å². The SMILES string of the molecule is CCSSCC(NC(=O)C[n+]1ccccc1/C=C/c1ccc(N(CCO)CCO)cc1)C(=O)OC. The van der Waals surface area contributed by atoms with Crippen LogP contribution in [-0.4, -0.2) is 73.1 Å². The van der Waals surface area contributed by atoms with Gasteiger partial charge in [0.1, 0.15) is 6.04 Å². The maximum atomic E-state index is 12.7. The average molecular weight is 521 g/mol. The van der Waals surface area contributed by atoms with E-state index in [1.807, 2.05) is 77.2 Å². The summed E-state index contributed by atoms with van der Waals surface area (Å²) in [5, 5.41) is 21.2. The second-order valence-corrected chi connectivity index (χ2v) is 10.2. The second kappa shape index (κ2) is 16.2. The van der Waals surface area contributed by atoms with Gasteiger partial charge in [0.05, 0.1) is 20.3 Å². The van der Waals surface area contributed by atoms with Gasteiger partial charge in [-0.2, -0.15) is 4.57 Å². The fraction of sp³-hybridized carbons (Fsp3) is 0.400. The molecule has 190 valence electrons. The normalized spacial score (nSPS) is 11.9. The fourth-order valence-electron chi connectivity index (χ4n) is 3.28. The Labute approximate surface area is 214 Å². The number of nitrogens with one attached hydrogen (secondary N) is 1. The van der Waals surface area contributed by atoms with Crippen LogP contribution in [0.15, 0.2) is 48.7 Å². The van der Waals surface area contributed by atoms with E-state index in [4.69, 9.17) is 4.74 Å². The molecule has 0 fully saturated rings. The molecule has 0 aliphatic rings. The maximum absolute atomic E-state index is 12.7. The first kappa shape index (κ1) is 28.7. The first-order valence-corrected chi connectivity index (χ1v) is 13.9. The number of pyridine rings is 1. The summed E-state index contributed by atoms with van der Waals surface area (Å²) in [5.74, 6) is 0.618. The molecule has 3 N–H and O–H groups in total. The van der Waals surface area contributed by atoms with Crippen LogP contribution in [0.4, 0.5) is 5.69 Å². The van der Waals surface area contributed by atoms with Crippen LogP contribution in [0.2, 0.25) is 0 Å². The van der Waals surface area contributed by atoms with E-state index in [0.717, 1.165) is 22.7 Å². The molecule has 0 aliphatic carbocycles. The Bertz CT molecular complexity index is 950. The highest BCUT2D eigenvalue weighted by atomic mass is 33.1. The number of ether oxygens (including phenoxy) is 1. The van der Waals surface area contributed by atoms with E-state index in [1.165, 1.54) is 17.9 Å². The molecule has 1 unspecified atom stereocenters. The molecule has 1 atom stereocenters. The zero-order valence-corrected chi connectivity index (χ0v) is 21.8. The number of carbonyl (C=O) groups is 2. The van der Waals surface area contributed by atoms with E-state index in [9.17, 15) is 19.8 Å². The van der Waals surface area contributed by atoms with Gasteiger partial charge in [-0.15, -0.1) is 0 Å². The Morgan fingerprint density at radius 2 is 1.80 bits per heavy atom. The number of amides is 1. The molecular formula is C25H34N3O5S2+. The standard InChI is InChI=1S/C25H33N3O5S2/c1-3-34-35-19-23(25(32)33-2)26-24(31)18-28-13-5-4-6-21(28)10-7-20-8-11-22(12-9-20)27(14-16-29)15-17-30/h4-13,23,29-30H,3,14-19H2,1-2H3/p+1.